The van der Waals surface area contributed by atoms with Crippen LogP contribution < -0.4 is 10.2 Å². The van der Waals surface area contributed by atoms with Crippen molar-refractivity contribution in [2.45, 2.75) is 19.5 Å². The Labute approximate surface area is 173 Å². The van der Waals surface area contributed by atoms with Crippen molar-refractivity contribution in [3.05, 3.63) is 114 Å². The number of anilines is 1. The molecular formula is C27H28N2. The SMILES string of the molecule is CNCc1ccc(CN(CCc2cccc3ccccc23)c2ccccc2)cc1. The molecule has 0 fully saturated rings. The fourth-order valence-corrected chi connectivity index (χ4v) is 3.89. The number of para-hydroxylation sites is 1. The minimum Gasteiger partial charge on any atom is -0.367 e. The zero-order valence-corrected chi connectivity index (χ0v) is 17.0. The third-order valence-corrected chi connectivity index (χ3v) is 5.43. The summed E-state index contributed by atoms with van der Waals surface area (Å²) in [6, 6.07) is 35.0. The molecule has 4 aromatic rings. The Morgan fingerprint density at radius 2 is 1.38 bits per heavy atom. The van der Waals surface area contributed by atoms with E-state index in [2.05, 4.69) is 107 Å². The third-order valence-electron chi connectivity index (χ3n) is 5.43. The van der Waals surface area contributed by atoms with Gasteiger partial charge >= 0.3 is 0 Å². The quantitative estimate of drug-likeness (QED) is 0.415. The molecule has 4 aromatic carbocycles. The van der Waals surface area contributed by atoms with E-state index in [1.54, 1.807) is 0 Å². The van der Waals surface area contributed by atoms with Gasteiger partial charge in [0.25, 0.3) is 0 Å². The van der Waals surface area contributed by atoms with Crippen LogP contribution in [0.2, 0.25) is 0 Å². The summed E-state index contributed by atoms with van der Waals surface area (Å²) in [5.74, 6) is 0. The van der Waals surface area contributed by atoms with Crippen LogP contribution in [0.4, 0.5) is 5.69 Å². The minimum absolute atomic E-state index is 0.907. The van der Waals surface area contributed by atoms with Crippen molar-refractivity contribution in [2.24, 2.45) is 0 Å². The normalized spacial score (nSPS) is 10.9. The second-order valence-corrected chi connectivity index (χ2v) is 7.49. The van der Waals surface area contributed by atoms with E-state index >= 15 is 0 Å². The van der Waals surface area contributed by atoms with Crippen molar-refractivity contribution in [1.29, 1.82) is 0 Å². The highest BCUT2D eigenvalue weighted by atomic mass is 15.1. The van der Waals surface area contributed by atoms with Crippen LogP contribution in [0.5, 0.6) is 0 Å². The zero-order chi connectivity index (χ0) is 19.9. The van der Waals surface area contributed by atoms with Crippen LogP contribution in [0.1, 0.15) is 16.7 Å². The molecule has 0 atom stereocenters. The molecule has 0 aliphatic carbocycles. The smallest absolute Gasteiger partial charge is 0.0429 e. The van der Waals surface area contributed by atoms with Gasteiger partial charge in [0.05, 0.1) is 0 Å². The molecule has 0 unspecified atom stereocenters. The van der Waals surface area contributed by atoms with Crippen LogP contribution in [-0.2, 0) is 19.5 Å². The summed E-state index contributed by atoms with van der Waals surface area (Å²) in [5, 5.41) is 5.89. The first-order valence-electron chi connectivity index (χ1n) is 10.3. The van der Waals surface area contributed by atoms with Gasteiger partial charge in [0, 0.05) is 25.3 Å². The molecule has 0 aliphatic rings. The highest BCUT2D eigenvalue weighted by Crippen LogP contribution is 2.22. The lowest BCUT2D eigenvalue weighted by molar-refractivity contribution is 0.782. The molecule has 0 aromatic heterocycles. The lowest BCUT2D eigenvalue weighted by atomic mass is 10.0. The average molecular weight is 381 g/mol. The lowest BCUT2D eigenvalue weighted by Crippen LogP contribution is -2.25. The monoisotopic (exact) mass is 380 g/mol. The van der Waals surface area contributed by atoms with E-state index in [1.165, 1.54) is 33.2 Å². The van der Waals surface area contributed by atoms with Gasteiger partial charge in [-0.25, -0.2) is 0 Å². The molecular weight excluding hydrogens is 352 g/mol. The molecule has 2 heteroatoms. The molecule has 2 nitrogen and oxygen atoms in total. The van der Waals surface area contributed by atoms with Crippen molar-refractivity contribution in [3.8, 4) is 0 Å². The van der Waals surface area contributed by atoms with Crippen molar-refractivity contribution >= 4 is 16.5 Å². The maximum atomic E-state index is 3.21. The van der Waals surface area contributed by atoms with E-state index in [0.717, 1.165) is 26.1 Å². The highest BCUT2D eigenvalue weighted by Gasteiger charge is 2.09. The Balaban J connectivity index is 1.54. The average Bonchev–Trinajstić information content (AvgIpc) is 2.78. The number of hydrogen-bond donors (Lipinski definition) is 1. The molecule has 0 amide bonds. The molecule has 0 bridgehead atoms. The van der Waals surface area contributed by atoms with Gasteiger partial charge in [-0.15, -0.1) is 0 Å². The predicted molar refractivity (Wildman–Crippen MR) is 124 cm³/mol. The number of hydrogen-bond acceptors (Lipinski definition) is 2. The van der Waals surface area contributed by atoms with Gasteiger partial charge < -0.3 is 10.2 Å². The van der Waals surface area contributed by atoms with E-state index in [0.29, 0.717) is 0 Å². The molecule has 0 spiro atoms. The Hall–Kier alpha value is -3.10. The van der Waals surface area contributed by atoms with Crippen LogP contribution in [0.3, 0.4) is 0 Å². The second kappa shape index (κ2) is 9.40. The summed E-state index contributed by atoms with van der Waals surface area (Å²) >= 11 is 0. The van der Waals surface area contributed by atoms with Gasteiger partial charge in [0.1, 0.15) is 0 Å². The van der Waals surface area contributed by atoms with Crippen molar-refractivity contribution in [1.82, 2.24) is 5.32 Å². The lowest BCUT2D eigenvalue weighted by Gasteiger charge is -2.25. The van der Waals surface area contributed by atoms with Crippen LogP contribution in [0, 0.1) is 0 Å². The van der Waals surface area contributed by atoms with Gasteiger partial charge in [0.15, 0.2) is 0 Å². The molecule has 0 saturated carbocycles. The first-order chi connectivity index (χ1) is 14.3. The van der Waals surface area contributed by atoms with E-state index < -0.39 is 0 Å². The second-order valence-electron chi connectivity index (χ2n) is 7.49. The first kappa shape index (κ1) is 19.2. The number of nitrogens with one attached hydrogen (secondary N) is 1. The van der Waals surface area contributed by atoms with Gasteiger partial charge in [0.2, 0.25) is 0 Å². The molecule has 4 rings (SSSR count). The Bertz CT molecular complexity index is 1030. The Morgan fingerprint density at radius 3 is 2.17 bits per heavy atom. The number of nitrogens with zero attached hydrogens (tertiary/aromatic N) is 1. The molecule has 0 heterocycles. The van der Waals surface area contributed by atoms with E-state index in [9.17, 15) is 0 Å². The molecule has 29 heavy (non-hydrogen) atoms. The molecule has 0 saturated heterocycles. The number of benzene rings is 4. The fraction of sp³-hybridized carbons (Fsp3) is 0.185. The Kier molecular flexibility index (Phi) is 6.23. The van der Waals surface area contributed by atoms with Crippen molar-refractivity contribution < 1.29 is 0 Å². The van der Waals surface area contributed by atoms with E-state index in [4.69, 9.17) is 0 Å². The summed E-state index contributed by atoms with van der Waals surface area (Å²) < 4.78 is 0. The highest BCUT2D eigenvalue weighted by molar-refractivity contribution is 5.85. The first-order valence-corrected chi connectivity index (χ1v) is 10.3. The fourth-order valence-electron chi connectivity index (χ4n) is 3.89. The largest absolute Gasteiger partial charge is 0.367 e. The molecule has 0 aliphatic heterocycles. The van der Waals surface area contributed by atoms with Gasteiger partial charge in [-0.05, 0) is 53.1 Å². The summed E-state index contributed by atoms with van der Waals surface area (Å²) in [6.45, 7) is 2.80. The standard InChI is InChI=1S/C27H28N2/c1-28-20-22-14-16-23(17-15-22)21-29(26-11-3-2-4-12-26)19-18-25-10-7-9-24-8-5-6-13-27(24)25/h2-17,28H,18-21H2,1H3. The van der Waals surface area contributed by atoms with Crippen LogP contribution in [0.25, 0.3) is 10.8 Å². The summed E-state index contributed by atoms with van der Waals surface area (Å²) in [7, 11) is 1.98. The van der Waals surface area contributed by atoms with Crippen LogP contribution in [0.15, 0.2) is 97.1 Å². The van der Waals surface area contributed by atoms with Crippen molar-refractivity contribution in [2.75, 3.05) is 18.5 Å². The summed E-state index contributed by atoms with van der Waals surface area (Å²) in [5.41, 5.74) is 5.34. The topological polar surface area (TPSA) is 15.3 Å². The van der Waals surface area contributed by atoms with E-state index in [1.807, 2.05) is 7.05 Å². The number of rotatable bonds is 8. The van der Waals surface area contributed by atoms with Crippen LogP contribution >= 0.6 is 0 Å². The predicted octanol–water partition coefficient (Wildman–Crippen LogP) is 5.81. The summed E-state index contributed by atoms with van der Waals surface area (Å²) in [6.07, 6.45) is 1.02. The maximum Gasteiger partial charge on any atom is 0.0429 e. The minimum atomic E-state index is 0.907. The van der Waals surface area contributed by atoms with E-state index in [-0.39, 0.29) is 0 Å². The Morgan fingerprint density at radius 1 is 0.690 bits per heavy atom. The van der Waals surface area contributed by atoms with Crippen molar-refractivity contribution in [3.63, 3.8) is 0 Å². The van der Waals surface area contributed by atoms with Gasteiger partial charge in [-0.2, -0.15) is 0 Å². The molecule has 1 N–H and O–H groups in total. The number of fused-ring (bicyclic) bond motifs is 1. The van der Waals surface area contributed by atoms with Gasteiger partial charge in [-0.3, -0.25) is 0 Å². The maximum absolute atomic E-state index is 3.21. The molecule has 146 valence electrons. The zero-order valence-electron chi connectivity index (χ0n) is 17.0. The molecule has 0 radical (unpaired) electrons. The third kappa shape index (κ3) is 4.85. The van der Waals surface area contributed by atoms with Crippen LogP contribution in [-0.4, -0.2) is 13.6 Å². The summed E-state index contributed by atoms with van der Waals surface area (Å²) in [4.78, 5) is 2.48. The van der Waals surface area contributed by atoms with Gasteiger partial charge in [-0.1, -0.05) is 84.9 Å².